The minimum Gasteiger partial charge on any atom is -0.389 e. The van der Waals surface area contributed by atoms with Crippen molar-refractivity contribution in [3.05, 3.63) is 30.1 Å². The number of nitrogens with zero attached hydrogens (tertiary/aromatic N) is 5. The molecule has 4 amide bonds. The summed E-state index contributed by atoms with van der Waals surface area (Å²) in [4.78, 5) is 61.4. The molecule has 0 aliphatic carbocycles. The SMILES string of the molecule is CCN(Cc1nc2c(N)nc3ccccc3c2n1CC(C)(C)O)C(=O)CCOCCOCCOCCOCCNC(=O)CCN1C(=O)CC(SC)C1=O. The Bertz CT molecular complexity index is 1700. The number of likely N-dealkylation sites (tertiary alicyclic amines) is 1. The molecule has 1 unspecified atom stereocenters. The normalized spacial score (nSPS) is 14.9. The number of nitrogens with one attached hydrogen (secondary N) is 1. The van der Waals surface area contributed by atoms with Gasteiger partial charge in [-0.25, -0.2) is 9.97 Å². The molecule has 292 valence electrons. The molecule has 4 N–H and O–H groups in total. The number of carbonyl (C=O) groups is 4. The molecule has 3 heterocycles. The number of amides is 4. The number of aromatic nitrogens is 3. The van der Waals surface area contributed by atoms with E-state index >= 15 is 0 Å². The second-order valence-electron chi connectivity index (χ2n) is 13.2. The zero-order valence-corrected chi connectivity index (χ0v) is 32.0. The van der Waals surface area contributed by atoms with Crippen LogP contribution in [0.25, 0.3) is 21.9 Å². The lowest BCUT2D eigenvalue weighted by Gasteiger charge is -2.24. The van der Waals surface area contributed by atoms with Gasteiger partial charge in [0.25, 0.3) is 0 Å². The van der Waals surface area contributed by atoms with Crippen LogP contribution in [-0.4, -0.2) is 143 Å². The molecule has 17 heteroatoms. The number of carbonyl (C=O) groups excluding carboxylic acids is 4. The van der Waals surface area contributed by atoms with Crippen LogP contribution in [0.2, 0.25) is 0 Å². The number of ether oxygens (including phenoxy) is 4. The fourth-order valence-corrected chi connectivity index (χ4v) is 6.48. The van der Waals surface area contributed by atoms with E-state index < -0.39 is 5.60 Å². The summed E-state index contributed by atoms with van der Waals surface area (Å²) >= 11 is 1.35. The number of nitrogen functional groups attached to an aromatic ring is 1. The van der Waals surface area contributed by atoms with E-state index in [-0.39, 0.29) is 74.4 Å². The Kier molecular flexibility index (Phi) is 16.2. The third-order valence-electron chi connectivity index (χ3n) is 8.50. The summed E-state index contributed by atoms with van der Waals surface area (Å²) in [6.45, 7) is 9.46. The van der Waals surface area contributed by atoms with Crippen LogP contribution in [0, 0.1) is 0 Å². The Balaban J connectivity index is 1.05. The molecule has 0 radical (unpaired) electrons. The number of benzene rings is 1. The van der Waals surface area contributed by atoms with Gasteiger partial charge in [0, 0.05) is 37.9 Å². The van der Waals surface area contributed by atoms with E-state index in [0.717, 1.165) is 21.3 Å². The summed E-state index contributed by atoms with van der Waals surface area (Å²) in [6, 6.07) is 7.65. The first kappa shape index (κ1) is 41.9. The minimum atomic E-state index is -1.04. The number of para-hydroxylation sites is 1. The lowest BCUT2D eigenvalue weighted by atomic mass is 10.1. The fraction of sp³-hybridized carbons (Fsp3) is 0.611. The van der Waals surface area contributed by atoms with Gasteiger partial charge in [0.2, 0.25) is 23.6 Å². The molecule has 4 rings (SSSR count). The van der Waals surface area contributed by atoms with Crippen LogP contribution in [-0.2, 0) is 51.2 Å². The number of nitrogens with two attached hydrogens (primary N) is 1. The van der Waals surface area contributed by atoms with Gasteiger partial charge in [-0.3, -0.25) is 24.1 Å². The smallest absolute Gasteiger partial charge is 0.242 e. The molecule has 53 heavy (non-hydrogen) atoms. The Morgan fingerprint density at radius 2 is 1.64 bits per heavy atom. The first-order valence-electron chi connectivity index (χ1n) is 17.9. The molecule has 1 atom stereocenters. The summed E-state index contributed by atoms with van der Waals surface area (Å²) in [5.41, 5.74) is 7.32. The third kappa shape index (κ3) is 12.3. The van der Waals surface area contributed by atoms with Crippen molar-refractivity contribution < 1.29 is 43.2 Å². The van der Waals surface area contributed by atoms with Crippen molar-refractivity contribution in [1.29, 1.82) is 0 Å². The molecule has 1 saturated heterocycles. The van der Waals surface area contributed by atoms with Gasteiger partial charge in [-0.05, 0) is 33.1 Å². The third-order valence-corrected chi connectivity index (χ3v) is 9.43. The molecule has 0 saturated carbocycles. The molecular formula is C36H53N7O9S. The number of rotatable bonds is 24. The number of pyridine rings is 1. The van der Waals surface area contributed by atoms with E-state index in [1.54, 1.807) is 25.0 Å². The van der Waals surface area contributed by atoms with Crippen LogP contribution in [0.15, 0.2) is 24.3 Å². The van der Waals surface area contributed by atoms with Gasteiger partial charge >= 0.3 is 0 Å². The topological polar surface area (TPSA) is 201 Å². The number of aliphatic hydroxyl groups is 1. The van der Waals surface area contributed by atoms with Gasteiger partial charge in [0.1, 0.15) is 11.3 Å². The van der Waals surface area contributed by atoms with Crippen LogP contribution in [0.5, 0.6) is 0 Å². The molecule has 1 aromatic carbocycles. The summed E-state index contributed by atoms with van der Waals surface area (Å²) < 4.78 is 24.1. The average Bonchev–Trinajstić information content (AvgIpc) is 3.61. The van der Waals surface area contributed by atoms with Crippen molar-refractivity contribution in [2.75, 3.05) is 84.5 Å². The molecule has 3 aromatic rings. The van der Waals surface area contributed by atoms with Gasteiger partial charge in [-0.15, -0.1) is 0 Å². The maximum atomic E-state index is 13.2. The van der Waals surface area contributed by atoms with E-state index in [2.05, 4.69) is 10.3 Å². The molecule has 1 aliphatic heterocycles. The standard InChI is InChI=1S/C36H53N7O9S/c1-5-41(23-28-40-32-33(43(28)24-36(2,3)48)25-8-6-7-9-26(25)39-34(32)37)30(45)11-14-49-16-18-51-20-21-52-19-17-50-15-12-38-29(44)10-13-42-31(46)22-27(53-4)35(42)47/h6-9,27,48H,5,10-24H2,1-4H3,(H2,37,39)(H,38,44). The Hall–Kier alpha value is -3.87. The summed E-state index contributed by atoms with van der Waals surface area (Å²) in [5.74, 6) is 0.125. The quantitative estimate of drug-likeness (QED) is 0.0882. The first-order chi connectivity index (χ1) is 25.4. The highest BCUT2D eigenvalue weighted by Gasteiger charge is 2.37. The van der Waals surface area contributed by atoms with Gasteiger partial charge < -0.3 is 44.6 Å². The molecule has 1 aliphatic rings. The maximum absolute atomic E-state index is 13.2. The maximum Gasteiger partial charge on any atom is 0.242 e. The van der Waals surface area contributed by atoms with E-state index in [9.17, 15) is 24.3 Å². The second-order valence-corrected chi connectivity index (χ2v) is 14.2. The molecule has 2 aromatic heterocycles. The molecular weight excluding hydrogens is 707 g/mol. The van der Waals surface area contributed by atoms with Crippen molar-refractivity contribution in [3.8, 4) is 0 Å². The van der Waals surface area contributed by atoms with E-state index in [0.29, 0.717) is 76.5 Å². The Morgan fingerprint density at radius 3 is 2.26 bits per heavy atom. The minimum absolute atomic E-state index is 0.0619. The number of hydrogen-bond acceptors (Lipinski definition) is 13. The monoisotopic (exact) mass is 759 g/mol. The molecule has 0 spiro atoms. The number of anilines is 1. The number of fused-ring (bicyclic) bond motifs is 3. The van der Waals surface area contributed by atoms with Crippen LogP contribution in [0.3, 0.4) is 0 Å². The lowest BCUT2D eigenvalue weighted by molar-refractivity contribution is -0.138. The van der Waals surface area contributed by atoms with Gasteiger partial charge in [0.05, 0.1) is 94.2 Å². The zero-order chi connectivity index (χ0) is 38.4. The molecule has 0 bridgehead atoms. The van der Waals surface area contributed by atoms with E-state index in [1.165, 1.54) is 11.8 Å². The summed E-state index contributed by atoms with van der Waals surface area (Å²) in [5, 5.41) is 14.0. The summed E-state index contributed by atoms with van der Waals surface area (Å²) in [6.07, 6.45) is 2.24. The van der Waals surface area contributed by atoms with Crippen molar-refractivity contribution in [2.45, 2.75) is 64.0 Å². The highest BCUT2D eigenvalue weighted by atomic mass is 32.2. The predicted molar refractivity (Wildman–Crippen MR) is 201 cm³/mol. The van der Waals surface area contributed by atoms with Crippen LogP contribution < -0.4 is 11.1 Å². The van der Waals surface area contributed by atoms with Crippen LogP contribution >= 0.6 is 11.8 Å². The van der Waals surface area contributed by atoms with Gasteiger partial charge in [0.15, 0.2) is 5.82 Å². The molecule has 1 fully saturated rings. The first-order valence-corrected chi connectivity index (χ1v) is 19.2. The predicted octanol–water partition coefficient (Wildman–Crippen LogP) is 1.74. The van der Waals surface area contributed by atoms with Crippen LogP contribution in [0.4, 0.5) is 5.82 Å². The van der Waals surface area contributed by atoms with E-state index in [1.807, 2.05) is 35.8 Å². The summed E-state index contributed by atoms with van der Waals surface area (Å²) in [7, 11) is 0. The number of thioether (sulfide) groups is 1. The average molecular weight is 760 g/mol. The Morgan fingerprint density at radius 1 is 1.00 bits per heavy atom. The van der Waals surface area contributed by atoms with Crippen molar-refractivity contribution in [3.63, 3.8) is 0 Å². The van der Waals surface area contributed by atoms with Gasteiger partial charge in [-0.2, -0.15) is 11.8 Å². The van der Waals surface area contributed by atoms with Crippen molar-refractivity contribution in [1.82, 2.24) is 29.7 Å². The Labute approximate surface area is 314 Å². The van der Waals surface area contributed by atoms with Crippen LogP contribution in [0.1, 0.15) is 45.9 Å². The molecule has 16 nitrogen and oxygen atoms in total. The number of hydrogen-bond donors (Lipinski definition) is 3. The highest BCUT2D eigenvalue weighted by Crippen LogP contribution is 2.30. The fourth-order valence-electron chi connectivity index (χ4n) is 5.85. The van der Waals surface area contributed by atoms with E-state index in [4.69, 9.17) is 29.7 Å². The second kappa shape index (κ2) is 20.5. The highest BCUT2D eigenvalue weighted by molar-refractivity contribution is 8.00. The van der Waals surface area contributed by atoms with Gasteiger partial charge in [-0.1, -0.05) is 18.2 Å². The lowest BCUT2D eigenvalue weighted by Crippen LogP contribution is -2.36. The van der Waals surface area contributed by atoms with Crippen molar-refractivity contribution in [2.24, 2.45) is 0 Å². The number of imidazole rings is 1. The zero-order valence-electron chi connectivity index (χ0n) is 31.1. The largest absolute Gasteiger partial charge is 0.389 e. The van der Waals surface area contributed by atoms with Crippen molar-refractivity contribution >= 4 is 63.1 Å². The number of imide groups is 1.